The summed E-state index contributed by atoms with van der Waals surface area (Å²) in [6, 6.07) is 3.49. The first-order valence-electron chi connectivity index (χ1n) is 6.94. The number of aromatic nitrogens is 2. The van der Waals surface area contributed by atoms with Crippen molar-refractivity contribution in [2.75, 3.05) is 7.05 Å². The summed E-state index contributed by atoms with van der Waals surface area (Å²) in [6.07, 6.45) is 1.43. The van der Waals surface area contributed by atoms with Crippen molar-refractivity contribution in [3.8, 4) is 0 Å². The zero-order valence-corrected chi connectivity index (χ0v) is 13.8. The molecule has 1 aromatic heterocycles. The van der Waals surface area contributed by atoms with Crippen LogP contribution < -0.4 is 0 Å². The molecule has 0 fully saturated rings. The molecule has 0 bridgehead atoms. The Hall–Kier alpha value is -2.28. The number of likely N-dealkylation sites (N-methyl/N-ethyl adjacent to an activating group) is 1. The predicted molar refractivity (Wildman–Crippen MR) is 85.2 cm³/mol. The van der Waals surface area contributed by atoms with E-state index in [0.29, 0.717) is 6.54 Å². The molecule has 2 aromatic rings. The molecule has 0 N–H and O–H groups in total. The van der Waals surface area contributed by atoms with Gasteiger partial charge in [0.1, 0.15) is 0 Å². The van der Waals surface area contributed by atoms with Crippen molar-refractivity contribution in [1.29, 1.82) is 0 Å². The van der Waals surface area contributed by atoms with Crippen LogP contribution in [0.15, 0.2) is 36.7 Å². The Morgan fingerprint density at radius 3 is 2.71 bits per heavy atom. The summed E-state index contributed by atoms with van der Waals surface area (Å²) in [6.45, 7) is 0.353. The Morgan fingerprint density at radius 1 is 1.42 bits per heavy atom. The van der Waals surface area contributed by atoms with Crippen LogP contribution in [-0.4, -0.2) is 27.6 Å². The Bertz CT molecular complexity index is 768. The summed E-state index contributed by atoms with van der Waals surface area (Å²) >= 11 is 5.56. The van der Waals surface area contributed by atoms with E-state index in [1.165, 1.54) is 23.1 Å². The number of benzene rings is 1. The number of aryl methyl sites for hydroxylation is 1. The van der Waals surface area contributed by atoms with Crippen molar-refractivity contribution in [2.45, 2.75) is 12.7 Å². The van der Waals surface area contributed by atoms with E-state index in [1.54, 1.807) is 31.2 Å². The van der Waals surface area contributed by atoms with Gasteiger partial charge in [-0.2, -0.15) is 18.3 Å². The summed E-state index contributed by atoms with van der Waals surface area (Å²) in [5, 5.41) is 3.63. The molecular formula is C16H15ClF3N3O. The van der Waals surface area contributed by atoms with Crippen LogP contribution in [0.1, 0.15) is 16.7 Å². The molecule has 0 saturated carbocycles. The first kappa shape index (κ1) is 18.1. The van der Waals surface area contributed by atoms with Crippen molar-refractivity contribution >= 4 is 23.6 Å². The summed E-state index contributed by atoms with van der Waals surface area (Å²) in [5.41, 5.74) is 0.171. The van der Waals surface area contributed by atoms with Gasteiger partial charge in [-0.25, -0.2) is 0 Å². The van der Waals surface area contributed by atoms with E-state index in [0.717, 1.165) is 17.7 Å². The summed E-state index contributed by atoms with van der Waals surface area (Å²) in [5.74, 6) is -0.331. The normalized spacial score (nSPS) is 11.9. The van der Waals surface area contributed by atoms with Gasteiger partial charge in [0, 0.05) is 38.5 Å². The van der Waals surface area contributed by atoms with Crippen molar-refractivity contribution in [2.24, 2.45) is 7.05 Å². The summed E-state index contributed by atoms with van der Waals surface area (Å²) in [7, 11) is 3.37. The van der Waals surface area contributed by atoms with Gasteiger partial charge in [0.25, 0.3) is 0 Å². The molecule has 0 radical (unpaired) electrons. The van der Waals surface area contributed by atoms with E-state index in [4.69, 9.17) is 11.6 Å². The van der Waals surface area contributed by atoms with Gasteiger partial charge in [0.15, 0.2) is 0 Å². The SMILES string of the molecule is CN(Cc1cnn(C)c1)C(=O)/C=C/c1ccc(Cl)c(C(F)(F)F)c1. The average molecular weight is 358 g/mol. The zero-order chi connectivity index (χ0) is 17.9. The molecular weight excluding hydrogens is 343 g/mol. The molecule has 1 amide bonds. The topological polar surface area (TPSA) is 38.1 Å². The fraction of sp³-hybridized carbons (Fsp3) is 0.250. The Balaban J connectivity index is 2.08. The van der Waals surface area contributed by atoms with E-state index >= 15 is 0 Å². The lowest BCUT2D eigenvalue weighted by atomic mass is 10.1. The molecule has 0 aliphatic rings. The van der Waals surface area contributed by atoms with Gasteiger partial charge < -0.3 is 4.90 Å². The van der Waals surface area contributed by atoms with Crippen molar-refractivity contribution in [1.82, 2.24) is 14.7 Å². The molecule has 1 heterocycles. The molecule has 0 spiro atoms. The molecule has 0 saturated heterocycles. The van der Waals surface area contributed by atoms with Crippen LogP contribution in [0.4, 0.5) is 13.2 Å². The third kappa shape index (κ3) is 4.61. The largest absolute Gasteiger partial charge is 0.417 e. The third-order valence-corrected chi connectivity index (χ3v) is 3.60. The highest BCUT2D eigenvalue weighted by atomic mass is 35.5. The smallest absolute Gasteiger partial charge is 0.338 e. The first-order chi connectivity index (χ1) is 11.2. The number of amides is 1. The predicted octanol–water partition coefficient (Wildman–Crippen LogP) is 3.76. The van der Waals surface area contributed by atoms with Crippen molar-refractivity contribution in [3.05, 3.63) is 58.4 Å². The first-order valence-corrected chi connectivity index (χ1v) is 7.32. The second kappa shape index (κ2) is 7.09. The Kier molecular flexibility index (Phi) is 5.33. The van der Waals surface area contributed by atoms with E-state index in [2.05, 4.69) is 5.10 Å². The lowest BCUT2D eigenvalue weighted by molar-refractivity contribution is -0.137. The van der Waals surface area contributed by atoms with Crippen LogP contribution >= 0.6 is 11.6 Å². The zero-order valence-electron chi connectivity index (χ0n) is 13.0. The molecule has 0 aliphatic carbocycles. The number of hydrogen-bond donors (Lipinski definition) is 0. The lowest BCUT2D eigenvalue weighted by Gasteiger charge is -2.13. The molecule has 2 rings (SSSR count). The minimum Gasteiger partial charge on any atom is -0.338 e. The van der Waals surface area contributed by atoms with Gasteiger partial charge in [-0.15, -0.1) is 0 Å². The molecule has 8 heteroatoms. The highest BCUT2D eigenvalue weighted by Crippen LogP contribution is 2.35. The number of rotatable bonds is 4. The molecule has 0 atom stereocenters. The van der Waals surface area contributed by atoms with Gasteiger partial charge in [-0.1, -0.05) is 17.7 Å². The highest BCUT2D eigenvalue weighted by molar-refractivity contribution is 6.31. The Morgan fingerprint density at radius 2 is 2.12 bits per heavy atom. The van der Waals surface area contributed by atoms with Crippen LogP contribution in [0.5, 0.6) is 0 Å². The summed E-state index contributed by atoms with van der Waals surface area (Å²) in [4.78, 5) is 13.5. The standard InChI is InChI=1S/C16H15ClF3N3O/c1-22(9-12-8-21-23(2)10-12)15(24)6-4-11-3-5-14(17)13(7-11)16(18,19)20/h3-8,10H,9H2,1-2H3/b6-4+. The van der Waals surface area contributed by atoms with Gasteiger partial charge in [-0.3, -0.25) is 9.48 Å². The van der Waals surface area contributed by atoms with Crippen LogP contribution in [0.2, 0.25) is 5.02 Å². The van der Waals surface area contributed by atoms with E-state index in [1.807, 2.05) is 0 Å². The number of nitrogens with zero attached hydrogens (tertiary/aromatic N) is 3. The van der Waals surface area contributed by atoms with Crippen LogP contribution in [0.3, 0.4) is 0 Å². The fourth-order valence-corrected chi connectivity index (χ4v) is 2.29. The Labute approximate surface area is 142 Å². The number of hydrogen-bond acceptors (Lipinski definition) is 2. The second-order valence-corrected chi connectivity index (χ2v) is 5.69. The van der Waals surface area contributed by atoms with Crippen molar-refractivity contribution < 1.29 is 18.0 Å². The number of alkyl halides is 3. The van der Waals surface area contributed by atoms with Crippen LogP contribution in [0, 0.1) is 0 Å². The molecule has 0 aliphatic heterocycles. The van der Waals surface area contributed by atoms with E-state index in [9.17, 15) is 18.0 Å². The minimum atomic E-state index is -4.54. The fourth-order valence-electron chi connectivity index (χ4n) is 2.06. The maximum absolute atomic E-state index is 12.8. The minimum absolute atomic E-state index is 0.245. The maximum atomic E-state index is 12.8. The van der Waals surface area contributed by atoms with Gasteiger partial charge in [-0.05, 0) is 23.8 Å². The molecule has 128 valence electrons. The molecule has 24 heavy (non-hydrogen) atoms. The van der Waals surface area contributed by atoms with Gasteiger partial charge >= 0.3 is 6.18 Å². The number of halogens is 4. The monoisotopic (exact) mass is 357 g/mol. The molecule has 0 unspecified atom stereocenters. The summed E-state index contributed by atoms with van der Waals surface area (Å²) < 4.78 is 40.0. The van der Waals surface area contributed by atoms with E-state index < -0.39 is 11.7 Å². The average Bonchev–Trinajstić information content (AvgIpc) is 2.90. The maximum Gasteiger partial charge on any atom is 0.417 e. The van der Waals surface area contributed by atoms with Gasteiger partial charge in [0.05, 0.1) is 16.8 Å². The quantitative estimate of drug-likeness (QED) is 0.781. The second-order valence-electron chi connectivity index (χ2n) is 5.29. The lowest BCUT2D eigenvalue weighted by Crippen LogP contribution is -2.23. The third-order valence-electron chi connectivity index (χ3n) is 3.27. The van der Waals surface area contributed by atoms with Gasteiger partial charge in [0.2, 0.25) is 5.91 Å². The van der Waals surface area contributed by atoms with Crippen LogP contribution in [-0.2, 0) is 24.6 Å². The molecule has 1 aromatic carbocycles. The van der Waals surface area contributed by atoms with Crippen LogP contribution in [0.25, 0.3) is 6.08 Å². The van der Waals surface area contributed by atoms with E-state index in [-0.39, 0.29) is 16.5 Å². The number of carbonyl (C=O) groups excluding carboxylic acids is 1. The van der Waals surface area contributed by atoms with Crippen molar-refractivity contribution in [3.63, 3.8) is 0 Å². The highest BCUT2D eigenvalue weighted by Gasteiger charge is 2.33. The number of carbonyl (C=O) groups is 1. The molecule has 4 nitrogen and oxygen atoms in total.